The van der Waals surface area contributed by atoms with Crippen molar-refractivity contribution in [2.24, 2.45) is 0 Å². The maximum Gasteiger partial charge on any atom is 0.416 e. The third-order valence-corrected chi connectivity index (χ3v) is 22.0. The highest BCUT2D eigenvalue weighted by molar-refractivity contribution is 5.99. The molecule has 4 aliphatic rings. The molecule has 0 bridgehead atoms. The molecule has 0 saturated carbocycles. The predicted octanol–water partition coefficient (Wildman–Crippen LogP) is 26.8. The van der Waals surface area contributed by atoms with Crippen LogP contribution in [0.5, 0.6) is 0 Å². The molecule has 534 valence electrons. The summed E-state index contributed by atoms with van der Waals surface area (Å²) in [5, 5.41) is 0. The van der Waals surface area contributed by atoms with Gasteiger partial charge in [0.1, 0.15) is 0 Å². The van der Waals surface area contributed by atoms with E-state index >= 15 is 52.7 Å². The zero-order valence-corrected chi connectivity index (χ0v) is 57.5. The van der Waals surface area contributed by atoms with Gasteiger partial charge in [0, 0.05) is 35.1 Å². The summed E-state index contributed by atoms with van der Waals surface area (Å²) in [6.45, 7) is 0. The summed E-state index contributed by atoms with van der Waals surface area (Å²) in [4.78, 5) is 12.5. The number of anilines is 6. The molecule has 2 spiro atoms. The summed E-state index contributed by atoms with van der Waals surface area (Å²) in [7, 11) is 0. The van der Waals surface area contributed by atoms with Gasteiger partial charge in [-0.25, -0.2) is 0 Å². The Labute approximate surface area is 622 Å². The smallest absolute Gasteiger partial charge is 0.309 e. The van der Waals surface area contributed by atoms with Crippen LogP contribution in [0.2, 0.25) is 0 Å². The standard InChI is InChI=1S/C94H54F12N4/c95-91(96,97)63-41-61(42-64(51-63)92(98,99)100)59-39-57(55-29-35-79-77-21-5-11-27-85(77)89(87(79)49-55)81-23-7-1-17-73(81)74-18-2-8-24-82(74)89)45-71(47-59)109(69-15-13-37-107-53-69)67-31-33-68(34-32-67)110(70-16-14-38-108-54-70)72-46-58(40-60(48-72)62-43-65(93(101,102)103)52-66(44-62)94(104,105)106)56-30-36-80-78-22-6-12-28-86(78)90(88(80)50-56)83-25-9-3-19-75(83)76-20-4-10-26-84(76)90/h1-54H. The Hall–Kier alpha value is -13.1. The molecule has 0 aliphatic heterocycles. The molecule has 15 aromatic rings. The highest BCUT2D eigenvalue weighted by Gasteiger charge is 2.54. The maximum absolute atomic E-state index is 15.0. The summed E-state index contributed by atoms with van der Waals surface area (Å²) in [5.41, 5.74) is 12.1. The first-order valence-corrected chi connectivity index (χ1v) is 35.3. The molecule has 0 saturated heterocycles. The van der Waals surface area contributed by atoms with Gasteiger partial charge < -0.3 is 9.80 Å². The van der Waals surface area contributed by atoms with Crippen LogP contribution in [-0.4, -0.2) is 9.97 Å². The fourth-order valence-corrected chi connectivity index (χ4v) is 17.6. The molecule has 13 aromatic carbocycles. The van der Waals surface area contributed by atoms with E-state index in [1.54, 1.807) is 95.3 Å². The summed E-state index contributed by atoms with van der Waals surface area (Å²) in [6.07, 6.45) is -14.5. The Kier molecular flexibility index (Phi) is 15.2. The van der Waals surface area contributed by atoms with E-state index in [4.69, 9.17) is 0 Å². The molecule has 4 nitrogen and oxygen atoms in total. The van der Waals surface area contributed by atoms with E-state index in [0.29, 0.717) is 80.6 Å². The molecule has 110 heavy (non-hydrogen) atoms. The lowest BCUT2D eigenvalue weighted by atomic mass is 9.70. The van der Waals surface area contributed by atoms with Crippen molar-refractivity contribution in [2.45, 2.75) is 35.5 Å². The van der Waals surface area contributed by atoms with Gasteiger partial charge in [-0.2, -0.15) is 52.7 Å². The SMILES string of the molecule is FC(F)(F)c1cc(-c2cc(-c3ccc4c(c3)C3(c5ccccc5-c5ccccc53)c3ccccc3-4)cc(N(c3ccc(N(c4cccnc4)c4cc(-c5cc(C(F)(F)F)cc(C(F)(F)F)c5)cc(-c5ccc6c(c5)C5(c7ccccc7-c7ccccc75)c5ccccc5-6)c4)cc3)c3cccnc3)c2)cc(C(F)(F)F)c1. The van der Waals surface area contributed by atoms with Crippen LogP contribution in [0.15, 0.2) is 328 Å². The lowest BCUT2D eigenvalue weighted by molar-refractivity contribution is -0.144. The monoisotopic (exact) mass is 1470 g/mol. The molecule has 2 aromatic heterocycles. The second-order valence-electron chi connectivity index (χ2n) is 28.0. The van der Waals surface area contributed by atoms with E-state index in [1.165, 1.54) is 12.1 Å². The lowest BCUT2D eigenvalue weighted by Crippen LogP contribution is -2.25. The van der Waals surface area contributed by atoms with Gasteiger partial charge in [-0.1, -0.05) is 170 Å². The number of fused-ring (bicyclic) bond motifs is 20. The van der Waals surface area contributed by atoms with Crippen molar-refractivity contribution in [3.63, 3.8) is 0 Å². The summed E-state index contributed by atoms with van der Waals surface area (Å²) < 4.78 is 180. The van der Waals surface area contributed by atoms with E-state index in [-0.39, 0.29) is 34.4 Å². The lowest BCUT2D eigenvalue weighted by Gasteiger charge is -2.31. The molecular weight excluding hydrogens is 1410 g/mol. The van der Waals surface area contributed by atoms with Crippen LogP contribution in [0.4, 0.5) is 86.8 Å². The third-order valence-electron chi connectivity index (χ3n) is 22.0. The van der Waals surface area contributed by atoms with Gasteiger partial charge in [0.05, 0.1) is 56.9 Å². The predicted molar refractivity (Wildman–Crippen MR) is 406 cm³/mol. The first-order chi connectivity index (χ1) is 53.0. The first-order valence-electron chi connectivity index (χ1n) is 35.3. The zero-order valence-electron chi connectivity index (χ0n) is 57.5. The number of benzene rings is 13. The van der Waals surface area contributed by atoms with Crippen molar-refractivity contribution >= 4 is 34.1 Å². The number of pyridine rings is 2. The fourth-order valence-electron chi connectivity index (χ4n) is 17.6. The van der Waals surface area contributed by atoms with Gasteiger partial charge in [-0.05, 0) is 267 Å². The van der Waals surface area contributed by atoms with E-state index in [1.807, 2.05) is 109 Å². The van der Waals surface area contributed by atoms with E-state index in [9.17, 15) is 0 Å². The second-order valence-corrected chi connectivity index (χ2v) is 28.0. The van der Waals surface area contributed by atoms with Crippen LogP contribution in [0.3, 0.4) is 0 Å². The number of rotatable bonds is 10. The molecule has 16 heteroatoms. The Morgan fingerprint density at radius 3 is 0.718 bits per heavy atom. The van der Waals surface area contributed by atoms with Crippen LogP contribution < -0.4 is 9.80 Å². The van der Waals surface area contributed by atoms with Crippen molar-refractivity contribution < 1.29 is 52.7 Å². The average molecular weight is 1470 g/mol. The van der Waals surface area contributed by atoms with E-state index in [0.717, 1.165) is 89.0 Å². The minimum atomic E-state index is -5.19. The van der Waals surface area contributed by atoms with Crippen LogP contribution in [0.25, 0.3) is 89.0 Å². The highest BCUT2D eigenvalue weighted by atomic mass is 19.4. The van der Waals surface area contributed by atoms with Gasteiger partial charge in [0.25, 0.3) is 0 Å². The number of nitrogens with zero attached hydrogens (tertiary/aromatic N) is 4. The number of hydrogen-bond donors (Lipinski definition) is 0. The molecule has 4 aliphatic carbocycles. The quantitative estimate of drug-likeness (QED) is 0.128. The molecule has 0 unspecified atom stereocenters. The minimum absolute atomic E-state index is 0.0113. The Morgan fingerprint density at radius 2 is 0.455 bits per heavy atom. The van der Waals surface area contributed by atoms with Gasteiger partial charge in [-0.3, -0.25) is 9.97 Å². The topological polar surface area (TPSA) is 32.3 Å². The number of halogens is 12. The van der Waals surface area contributed by atoms with Crippen molar-refractivity contribution in [3.8, 4) is 89.0 Å². The van der Waals surface area contributed by atoms with Crippen molar-refractivity contribution in [3.05, 3.63) is 395 Å². The molecule has 2 heterocycles. The summed E-state index contributed by atoms with van der Waals surface area (Å²) in [5.74, 6) is 0. The molecule has 0 amide bonds. The average Bonchev–Trinajstić information content (AvgIpc) is 1.52. The number of alkyl halides is 12. The van der Waals surface area contributed by atoms with Crippen LogP contribution in [-0.2, 0) is 35.5 Å². The van der Waals surface area contributed by atoms with Crippen molar-refractivity contribution in [1.29, 1.82) is 0 Å². The van der Waals surface area contributed by atoms with Gasteiger partial charge in [-0.15, -0.1) is 0 Å². The van der Waals surface area contributed by atoms with Gasteiger partial charge in [0.15, 0.2) is 0 Å². The van der Waals surface area contributed by atoms with Crippen molar-refractivity contribution in [2.75, 3.05) is 9.80 Å². The molecule has 0 fully saturated rings. The Balaban J connectivity index is 0.803. The number of hydrogen-bond acceptors (Lipinski definition) is 4. The highest BCUT2D eigenvalue weighted by Crippen LogP contribution is 2.65. The molecule has 0 atom stereocenters. The zero-order chi connectivity index (χ0) is 75.4. The molecule has 19 rings (SSSR count). The van der Waals surface area contributed by atoms with E-state index in [2.05, 4.69) is 94.9 Å². The minimum Gasteiger partial charge on any atom is -0.309 e. The summed E-state index contributed by atoms with van der Waals surface area (Å²) >= 11 is 0. The molecular formula is C94H54F12N4. The summed E-state index contributed by atoms with van der Waals surface area (Å²) in [6, 6.07) is 88.0. The van der Waals surface area contributed by atoms with Crippen molar-refractivity contribution in [1.82, 2.24) is 9.97 Å². The Morgan fingerprint density at radius 1 is 0.200 bits per heavy atom. The normalized spacial score (nSPS) is 13.8. The van der Waals surface area contributed by atoms with Crippen LogP contribution in [0, 0.1) is 0 Å². The molecule has 0 radical (unpaired) electrons. The Bertz CT molecular complexity index is 5690. The fraction of sp³-hybridized carbons (Fsp3) is 0.0638. The van der Waals surface area contributed by atoms with E-state index < -0.39 is 57.8 Å². The number of aromatic nitrogens is 2. The van der Waals surface area contributed by atoms with Gasteiger partial charge >= 0.3 is 24.7 Å². The third kappa shape index (κ3) is 10.6. The van der Waals surface area contributed by atoms with Gasteiger partial charge in [0.2, 0.25) is 0 Å². The largest absolute Gasteiger partial charge is 0.416 e. The molecule has 0 N–H and O–H groups in total. The van der Waals surface area contributed by atoms with Crippen LogP contribution >= 0.6 is 0 Å². The second kappa shape index (κ2) is 24.7. The maximum atomic E-state index is 15.0. The van der Waals surface area contributed by atoms with Crippen LogP contribution in [0.1, 0.15) is 66.8 Å². The first kappa shape index (κ1) is 67.5.